The Kier molecular flexibility index (Phi) is 4.32. The van der Waals surface area contributed by atoms with Crippen LogP contribution in [0.4, 0.5) is 8.78 Å². The van der Waals surface area contributed by atoms with E-state index in [4.69, 9.17) is 11.6 Å². The van der Waals surface area contributed by atoms with Crippen LogP contribution in [0.15, 0.2) is 40.9 Å². The van der Waals surface area contributed by atoms with Gasteiger partial charge < -0.3 is 0 Å². The number of carbonyl (C=O) groups is 1. The molecule has 1 nitrogen and oxygen atoms in total. The van der Waals surface area contributed by atoms with E-state index in [1.54, 1.807) is 6.07 Å². The van der Waals surface area contributed by atoms with E-state index in [-0.39, 0.29) is 22.8 Å². The largest absolute Gasteiger partial charge is 0.294 e. The van der Waals surface area contributed by atoms with Crippen LogP contribution >= 0.6 is 27.5 Å². The first-order chi connectivity index (χ1) is 8.97. The van der Waals surface area contributed by atoms with Crippen molar-refractivity contribution in [1.29, 1.82) is 0 Å². The van der Waals surface area contributed by atoms with Crippen molar-refractivity contribution >= 4 is 33.3 Å². The van der Waals surface area contributed by atoms with Crippen molar-refractivity contribution in [2.45, 2.75) is 6.42 Å². The average molecular weight is 346 g/mol. The molecule has 0 saturated heterocycles. The summed E-state index contributed by atoms with van der Waals surface area (Å²) in [6.45, 7) is 0. The van der Waals surface area contributed by atoms with Crippen molar-refractivity contribution in [2.75, 3.05) is 0 Å². The molecule has 0 aromatic heterocycles. The Morgan fingerprint density at radius 1 is 1.21 bits per heavy atom. The summed E-state index contributed by atoms with van der Waals surface area (Å²) in [5, 5.41) is -0.206. The van der Waals surface area contributed by atoms with Crippen LogP contribution in [0, 0.1) is 11.6 Å². The first-order valence-electron chi connectivity index (χ1n) is 5.39. The number of carbonyl (C=O) groups excluding carboxylic acids is 1. The van der Waals surface area contributed by atoms with Gasteiger partial charge >= 0.3 is 0 Å². The minimum absolute atomic E-state index is 0.0421. The van der Waals surface area contributed by atoms with Crippen LogP contribution in [0.25, 0.3) is 0 Å². The van der Waals surface area contributed by atoms with Crippen LogP contribution in [0.5, 0.6) is 0 Å². The predicted molar refractivity (Wildman–Crippen MR) is 73.5 cm³/mol. The summed E-state index contributed by atoms with van der Waals surface area (Å²) in [4.78, 5) is 12.0. The van der Waals surface area contributed by atoms with Gasteiger partial charge in [-0.05, 0) is 35.9 Å². The molecule has 2 aromatic carbocycles. The van der Waals surface area contributed by atoms with Crippen molar-refractivity contribution < 1.29 is 13.6 Å². The molecule has 0 aliphatic carbocycles. The van der Waals surface area contributed by atoms with E-state index in [0.717, 1.165) is 0 Å². The molecule has 2 rings (SSSR count). The first kappa shape index (κ1) is 14.2. The molecule has 0 spiro atoms. The lowest BCUT2D eigenvalue weighted by atomic mass is 10.0. The van der Waals surface area contributed by atoms with Crippen molar-refractivity contribution in [2.24, 2.45) is 0 Å². The summed E-state index contributed by atoms with van der Waals surface area (Å²) in [7, 11) is 0. The van der Waals surface area contributed by atoms with Gasteiger partial charge in [-0.25, -0.2) is 8.78 Å². The van der Waals surface area contributed by atoms with Gasteiger partial charge in [-0.3, -0.25) is 4.79 Å². The molecule has 0 bridgehead atoms. The Morgan fingerprint density at radius 2 is 1.95 bits per heavy atom. The fourth-order valence-corrected chi connectivity index (χ4v) is 2.46. The number of hydrogen-bond acceptors (Lipinski definition) is 1. The Labute approximate surface area is 122 Å². The van der Waals surface area contributed by atoms with E-state index in [2.05, 4.69) is 15.9 Å². The third-order valence-electron chi connectivity index (χ3n) is 2.54. The second-order valence-electron chi connectivity index (χ2n) is 3.98. The van der Waals surface area contributed by atoms with Crippen LogP contribution in [0.2, 0.25) is 5.02 Å². The van der Waals surface area contributed by atoms with Gasteiger partial charge in [0.15, 0.2) is 5.78 Å². The van der Waals surface area contributed by atoms with Gasteiger partial charge in [0.1, 0.15) is 11.6 Å². The van der Waals surface area contributed by atoms with Crippen LogP contribution < -0.4 is 0 Å². The summed E-state index contributed by atoms with van der Waals surface area (Å²) in [5.41, 5.74) is 0.597. The van der Waals surface area contributed by atoms with Gasteiger partial charge in [0.05, 0.1) is 5.02 Å². The second-order valence-corrected chi connectivity index (χ2v) is 5.27. The molecule has 5 heteroatoms. The molecule has 0 aliphatic heterocycles. The number of benzene rings is 2. The highest BCUT2D eigenvalue weighted by Gasteiger charge is 2.14. The summed E-state index contributed by atoms with van der Waals surface area (Å²) in [6, 6.07) is 8.23. The smallest absolute Gasteiger partial charge is 0.168 e. The zero-order valence-electron chi connectivity index (χ0n) is 9.59. The van der Waals surface area contributed by atoms with Gasteiger partial charge in [-0.2, -0.15) is 0 Å². The normalized spacial score (nSPS) is 10.5. The van der Waals surface area contributed by atoms with Gasteiger partial charge in [-0.15, -0.1) is 0 Å². The van der Waals surface area contributed by atoms with Crippen molar-refractivity contribution in [3.63, 3.8) is 0 Å². The lowest BCUT2D eigenvalue weighted by Gasteiger charge is -2.05. The van der Waals surface area contributed by atoms with Crippen LogP contribution in [-0.4, -0.2) is 5.78 Å². The third kappa shape index (κ3) is 3.39. The number of halogens is 4. The minimum Gasteiger partial charge on any atom is -0.294 e. The molecule has 2 aromatic rings. The molecule has 98 valence electrons. The minimum atomic E-state index is -0.645. The molecule has 19 heavy (non-hydrogen) atoms. The predicted octanol–water partition coefficient (Wildman–Crippen LogP) is 4.81. The quantitative estimate of drug-likeness (QED) is 0.730. The maximum absolute atomic E-state index is 13.3. The van der Waals surface area contributed by atoms with Crippen molar-refractivity contribution in [3.8, 4) is 0 Å². The Bertz CT molecular complexity index is 623. The summed E-state index contributed by atoms with van der Waals surface area (Å²) in [6.07, 6.45) is -0.0421. The molecule has 0 heterocycles. The topological polar surface area (TPSA) is 17.1 Å². The highest BCUT2D eigenvalue weighted by atomic mass is 79.9. The lowest BCUT2D eigenvalue weighted by molar-refractivity contribution is 0.0992. The van der Waals surface area contributed by atoms with Gasteiger partial charge in [-0.1, -0.05) is 33.6 Å². The number of ketones is 1. The fourth-order valence-electron chi connectivity index (χ4n) is 1.71. The maximum Gasteiger partial charge on any atom is 0.168 e. The van der Waals surface area contributed by atoms with Crippen molar-refractivity contribution in [1.82, 2.24) is 0 Å². The van der Waals surface area contributed by atoms with Crippen LogP contribution in [-0.2, 0) is 6.42 Å². The standard InChI is InChI=1S/C14H8BrClF2O/c15-9-4-8(5-10(17)7-9)6-13(19)11-2-1-3-12(18)14(11)16/h1-5,7H,6H2. The van der Waals surface area contributed by atoms with Gasteiger partial charge in [0, 0.05) is 16.5 Å². The summed E-state index contributed by atoms with van der Waals surface area (Å²) >= 11 is 8.89. The van der Waals surface area contributed by atoms with Gasteiger partial charge in [0.2, 0.25) is 0 Å². The molecule has 0 saturated carbocycles. The number of hydrogen-bond donors (Lipinski definition) is 0. The van der Waals surface area contributed by atoms with E-state index in [1.807, 2.05) is 0 Å². The van der Waals surface area contributed by atoms with E-state index in [9.17, 15) is 13.6 Å². The van der Waals surface area contributed by atoms with Crippen LogP contribution in [0.3, 0.4) is 0 Å². The fraction of sp³-hybridized carbons (Fsp3) is 0.0714. The summed E-state index contributed by atoms with van der Waals surface area (Å²) in [5.74, 6) is -1.45. The highest BCUT2D eigenvalue weighted by molar-refractivity contribution is 9.10. The number of rotatable bonds is 3. The Hall–Kier alpha value is -1.26. The molecule has 0 amide bonds. The lowest BCUT2D eigenvalue weighted by Crippen LogP contribution is -2.05. The zero-order valence-corrected chi connectivity index (χ0v) is 11.9. The molecule has 0 radical (unpaired) electrons. The van der Waals surface area contributed by atoms with Crippen molar-refractivity contribution in [3.05, 3.63) is 68.7 Å². The van der Waals surface area contributed by atoms with E-state index < -0.39 is 11.6 Å². The molecule has 0 aliphatic rings. The molecular formula is C14H8BrClF2O. The molecule has 0 atom stereocenters. The monoisotopic (exact) mass is 344 g/mol. The SMILES string of the molecule is O=C(Cc1cc(F)cc(Br)c1)c1cccc(F)c1Cl. The molecule has 0 fully saturated rings. The van der Waals surface area contributed by atoms with Crippen LogP contribution in [0.1, 0.15) is 15.9 Å². The van der Waals surface area contributed by atoms with E-state index in [1.165, 1.54) is 30.3 Å². The molecule has 0 unspecified atom stereocenters. The Morgan fingerprint density at radius 3 is 2.63 bits per heavy atom. The number of Topliss-reactive ketones (excluding diaryl/α,β-unsaturated/α-hetero) is 1. The zero-order chi connectivity index (χ0) is 14.0. The first-order valence-corrected chi connectivity index (χ1v) is 6.56. The van der Waals surface area contributed by atoms with E-state index in [0.29, 0.717) is 10.0 Å². The average Bonchev–Trinajstić information content (AvgIpc) is 2.31. The third-order valence-corrected chi connectivity index (χ3v) is 3.38. The van der Waals surface area contributed by atoms with Gasteiger partial charge in [0.25, 0.3) is 0 Å². The summed E-state index contributed by atoms with van der Waals surface area (Å²) < 4.78 is 27.0. The van der Waals surface area contributed by atoms with E-state index >= 15 is 0 Å². The second kappa shape index (κ2) is 5.80. The highest BCUT2D eigenvalue weighted by Crippen LogP contribution is 2.22. The Balaban J connectivity index is 2.28. The molecule has 0 N–H and O–H groups in total. The maximum atomic E-state index is 13.3. The molecular weight excluding hydrogens is 338 g/mol.